The molecule has 0 aliphatic heterocycles. The lowest BCUT2D eigenvalue weighted by atomic mass is 9.99. The molecule has 0 N–H and O–H groups in total. The average Bonchev–Trinajstić information content (AvgIpc) is 3.44. The summed E-state index contributed by atoms with van der Waals surface area (Å²) in [5, 5.41) is 0.664. The van der Waals surface area contributed by atoms with Crippen LogP contribution in [0.1, 0.15) is 53.6 Å². The van der Waals surface area contributed by atoms with Gasteiger partial charge in [0.1, 0.15) is 0 Å². The second kappa shape index (κ2) is 7.52. The first-order chi connectivity index (χ1) is 12.0. The largest absolute Gasteiger partial charge is 0.335 e. The lowest BCUT2D eigenvalue weighted by Crippen LogP contribution is -2.36. The molecule has 0 spiro atoms. The maximum atomic E-state index is 13.3. The van der Waals surface area contributed by atoms with E-state index >= 15 is 0 Å². The smallest absolute Gasteiger partial charge is 0.264 e. The number of alkyl halides is 2. The maximum absolute atomic E-state index is 13.3. The Hall–Kier alpha value is -1.94. The molecule has 1 unspecified atom stereocenters. The number of carbonyl (C=O) groups excluding carboxylic acids is 1. The first kappa shape index (κ1) is 17.9. The van der Waals surface area contributed by atoms with Gasteiger partial charge in [-0.15, -0.1) is 0 Å². The summed E-state index contributed by atoms with van der Waals surface area (Å²) >= 11 is 5.92. The van der Waals surface area contributed by atoms with Crippen molar-refractivity contribution in [3.63, 3.8) is 0 Å². The molecule has 1 saturated carbocycles. The second-order valence-electron chi connectivity index (χ2n) is 6.53. The summed E-state index contributed by atoms with van der Waals surface area (Å²) in [5.41, 5.74) is 0.981. The minimum absolute atomic E-state index is 0.0977. The minimum Gasteiger partial charge on any atom is -0.335 e. The van der Waals surface area contributed by atoms with Crippen LogP contribution in [-0.4, -0.2) is 23.4 Å². The van der Waals surface area contributed by atoms with Crippen molar-refractivity contribution in [1.29, 1.82) is 0 Å². The standard InChI is InChI=1S/C20H20ClF2NO/c1-13(14-6-8-15(21)9-7-14)12-24(16-10-11-16)20(25)18-5-3-2-4-17(18)19(22)23/h2-9,13,16,19H,10-12H2,1H3. The molecule has 0 aromatic heterocycles. The predicted molar refractivity (Wildman–Crippen MR) is 95.3 cm³/mol. The average molecular weight is 364 g/mol. The number of hydrogen-bond acceptors (Lipinski definition) is 1. The van der Waals surface area contributed by atoms with Crippen LogP contribution in [0.15, 0.2) is 48.5 Å². The van der Waals surface area contributed by atoms with Crippen LogP contribution in [0.25, 0.3) is 0 Å². The van der Waals surface area contributed by atoms with Crippen molar-refractivity contribution in [1.82, 2.24) is 4.90 Å². The molecule has 1 aliphatic rings. The van der Waals surface area contributed by atoms with Crippen LogP contribution in [0.2, 0.25) is 5.02 Å². The normalized spacial score (nSPS) is 15.2. The summed E-state index contributed by atoms with van der Waals surface area (Å²) in [7, 11) is 0. The van der Waals surface area contributed by atoms with E-state index in [4.69, 9.17) is 11.6 Å². The monoisotopic (exact) mass is 363 g/mol. The first-order valence-corrected chi connectivity index (χ1v) is 8.78. The molecule has 2 aromatic carbocycles. The number of hydrogen-bond donors (Lipinski definition) is 0. The fourth-order valence-electron chi connectivity index (χ4n) is 3.01. The molecule has 1 atom stereocenters. The van der Waals surface area contributed by atoms with E-state index in [2.05, 4.69) is 0 Å². The van der Waals surface area contributed by atoms with Crippen LogP contribution in [0.4, 0.5) is 8.78 Å². The van der Waals surface area contributed by atoms with Gasteiger partial charge in [-0.1, -0.05) is 48.9 Å². The van der Waals surface area contributed by atoms with Gasteiger partial charge in [-0.25, -0.2) is 8.78 Å². The highest BCUT2D eigenvalue weighted by Crippen LogP contribution is 2.33. The highest BCUT2D eigenvalue weighted by Gasteiger charge is 2.35. The SMILES string of the molecule is CC(CN(C(=O)c1ccccc1C(F)F)C1CC1)c1ccc(Cl)cc1. The topological polar surface area (TPSA) is 20.3 Å². The zero-order valence-corrected chi connectivity index (χ0v) is 14.7. The number of benzene rings is 2. The van der Waals surface area contributed by atoms with Gasteiger partial charge in [0.2, 0.25) is 0 Å². The molecule has 0 heterocycles. The maximum Gasteiger partial charge on any atom is 0.264 e. The third kappa shape index (κ3) is 4.18. The molecule has 5 heteroatoms. The zero-order chi connectivity index (χ0) is 18.0. The van der Waals surface area contributed by atoms with Gasteiger partial charge in [-0.3, -0.25) is 4.79 Å². The fraction of sp³-hybridized carbons (Fsp3) is 0.350. The lowest BCUT2D eigenvalue weighted by molar-refractivity contribution is 0.0722. The van der Waals surface area contributed by atoms with Crippen LogP contribution in [-0.2, 0) is 0 Å². The Morgan fingerprint density at radius 3 is 2.40 bits per heavy atom. The van der Waals surface area contributed by atoms with E-state index in [1.54, 1.807) is 11.0 Å². The third-order valence-electron chi connectivity index (χ3n) is 4.58. The third-order valence-corrected chi connectivity index (χ3v) is 4.84. The summed E-state index contributed by atoms with van der Waals surface area (Å²) in [4.78, 5) is 14.7. The number of carbonyl (C=O) groups is 1. The Kier molecular flexibility index (Phi) is 5.38. The van der Waals surface area contributed by atoms with E-state index in [1.165, 1.54) is 18.2 Å². The molecule has 25 heavy (non-hydrogen) atoms. The summed E-state index contributed by atoms with van der Waals surface area (Å²) in [6, 6.07) is 13.7. The Morgan fingerprint density at radius 1 is 1.16 bits per heavy atom. The van der Waals surface area contributed by atoms with Gasteiger partial charge in [0, 0.05) is 28.7 Å². The van der Waals surface area contributed by atoms with E-state index in [0.717, 1.165) is 18.4 Å². The van der Waals surface area contributed by atoms with Crippen LogP contribution < -0.4 is 0 Å². The van der Waals surface area contributed by atoms with Crippen molar-refractivity contribution in [3.8, 4) is 0 Å². The van der Waals surface area contributed by atoms with Crippen molar-refractivity contribution in [2.45, 2.75) is 38.2 Å². The summed E-state index contributed by atoms with van der Waals surface area (Å²) in [6.07, 6.45) is -0.804. The van der Waals surface area contributed by atoms with Crippen LogP contribution in [0.5, 0.6) is 0 Å². The van der Waals surface area contributed by atoms with E-state index in [1.807, 2.05) is 31.2 Å². The molecule has 132 valence electrons. The van der Waals surface area contributed by atoms with Gasteiger partial charge in [0.15, 0.2) is 0 Å². The van der Waals surface area contributed by atoms with Gasteiger partial charge in [-0.2, -0.15) is 0 Å². The molecular formula is C20H20ClF2NO. The first-order valence-electron chi connectivity index (χ1n) is 8.41. The second-order valence-corrected chi connectivity index (χ2v) is 6.97. The van der Waals surface area contributed by atoms with Crippen molar-refractivity contribution in [2.24, 2.45) is 0 Å². The van der Waals surface area contributed by atoms with Crippen molar-refractivity contribution >= 4 is 17.5 Å². The van der Waals surface area contributed by atoms with Gasteiger partial charge in [-0.05, 0) is 42.5 Å². The minimum atomic E-state index is -2.66. The quantitative estimate of drug-likeness (QED) is 0.646. The Bertz CT molecular complexity index is 744. The molecule has 0 saturated heterocycles. The molecule has 0 bridgehead atoms. The number of halogens is 3. The molecule has 0 radical (unpaired) electrons. The summed E-state index contributed by atoms with van der Waals surface area (Å²) in [6.45, 7) is 2.54. The predicted octanol–water partition coefficient (Wildman–Crippen LogP) is 5.69. The van der Waals surface area contributed by atoms with Gasteiger partial charge in [0.05, 0.1) is 0 Å². The van der Waals surface area contributed by atoms with E-state index < -0.39 is 6.43 Å². The van der Waals surface area contributed by atoms with Crippen molar-refractivity contribution in [2.75, 3.05) is 6.54 Å². The molecule has 2 nitrogen and oxygen atoms in total. The highest BCUT2D eigenvalue weighted by molar-refractivity contribution is 6.30. The molecule has 1 fully saturated rings. The zero-order valence-electron chi connectivity index (χ0n) is 14.0. The van der Waals surface area contributed by atoms with Crippen LogP contribution in [0, 0.1) is 0 Å². The van der Waals surface area contributed by atoms with Gasteiger partial charge >= 0.3 is 0 Å². The molecule has 1 amide bonds. The number of rotatable bonds is 6. The Balaban J connectivity index is 1.82. The van der Waals surface area contributed by atoms with E-state index in [0.29, 0.717) is 11.6 Å². The van der Waals surface area contributed by atoms with Crippen molar-refractivity contribution in [3.05, 3.63) is 70.2 Å². The Labute approximate surface area is 151 Å². The molecular weight excluding hydrogens is 344 g/mol. The number of amides is 1. The van der Waals surface area contributed by atoms with Crippen molar-refractivity contribution < 1.29 is 13.6 Å². The molecule has 2 aromatic rings. The van der Waals surface area contributed by atoms with Crippen LogP contribution in [0.3, 0.4) is 0 Å². The molecule has 3 rings (SSSR count). The lowest BCUT2D eigenvalue weighted by Gasteiger charge is -2.27. The summed E-state index contributed by atoms with van der Waals surface area (Å²) < 4.78 is 26.5. The Morgan fingerprint density at radius 2 is 1.80 bits per heavy atom. The fourth-order valence-corrected chi connectivity index (χ4v) is 3.14. The van der Waals surface area contributed by atoms with Gasteiger partial charge in [0.25, 0.3) is 12.3 Å². The van der Waals surface area contributed by atoms with Gasteiger partial charge < -0.3 is 4.90 Å². The van der Waals surface area contributed by atoms with Crippen LogP contribution >= 0.6 is 11.6 Å². The number of nitrogens with zero attached hydrogens (tertiary/aromatic N) is 1. The highest BCUT2D eigenvalue weighted by atomic mass is 35.5. The van der Waals surface area contributed by atoms with E-state index in [9.17, 15) is 13.6 Å². The molecule has 1 aliphatic carbocycles. The van der Waals surface area contributed by atoms with E-state index in [-0.39, 0.29) is 29.0 Å². The summed E-state index contributed by atoms with van der Waals surface area (Å²) in [5.74, 6) is -0.209.